The number of aromatic nitrogens is 2. The van der Waals surface area contributed by atoms with Crippen molar-refractivity contribution in [2.45, 2.75) is 24.3 Å². The van der Waals surface area contributed by atoms with Crippen LogP contribution in [0.25, 0.3) is 0 Å². The van der Waals surface area contributed by atoms with E-state index in [9.17, 15) is 8.42 Å². The van der Waals surface area contributed by atoms with Crippen molar-refractivity contribution in [3.63, 3.8) is 0 Å². The highest BCUT2D eigenvalue weighted by molar-refractivity contribution is 7.89. The maximum atomic E-state index is 12.7. The van der Waals surface area contributed by atoms with Crippen LogP contribution in [0.4, 0.5) is 0 Å². The minimum Gasteiger partial charge on any atom is -0.317 e. The molecule has 0 radical (unpaired) electrons. The molecule has 0 bridgehead atoms. The average Bonchev–Trinajstić information content (AvgIpc) is 2.96. The van der Waals surface area contributed by atoms with E-state index in [1.165, 1.54) is 10.9 Å². The predicted octanol–water partition coefficient (Wildman–Crippen LogP) is 0.838. The van der Waals surface area contributed by atoms with E-state index in [4.69, 9.17) is 11.6 Å². The summed E-state index contributed by atoms with van der Waals surface area (Å²) < 4.78 is 28.4. The van der Waals surface area contributed by atoms with E-state index < -0.39 is 10.0 Å². The molecule has 2 saturated heterocycles. The minimum absolute atomic E-state index is 0.102. The van der Waals surface area contributed by atoms with Gasteiger partial charge < -0.3 is 5.32 Å². The lowest BCUT2D eigenvalue weighted by Crippen LogP contribution is -2.40. The van der Waals surface area contributed by atoms with Crippen LogP contribution in [0.2, 0.25) is 5.02 Å². The second-order valence-corrected chi connectivity index (χ2v) is 8.02. The fraction of sp³-hybridized carbons (Fsp3) is 0.750. The van der Waals surface area contributed by atoms with Gasteiger partial charge in [-0.1, -0.05) is 11.6 Å². The molecule has 0 saturated carbocycles. The van der Waals surface area contributed by atoms with Crippen molar-refractivity contribution in [1.82, 2.24) is 19.4 Å². The third kappa shape index (κ3) is 2.26. The zero-order valence-corrected chi connectivity index (χ0v) is 13.0. The minimum atomic E-state index is -3.55. The molecular formula is C12H19ClN4O2S. The topological polar surface area (TPSA) is 67.2 Å². The first kappa shape index (κ1) is 14.3. The fourth-order valence-electron chi connectivity index (χ4n) is 3.28. The highest BCUT2D eigenvalue weighted by Gasteiger charge is 2.44. The maximum absolute atomic E-state index is 12.7. The molecule has 112 valence electrons. The molecule has 0 atom stereocenters. The van der Waals surface area contributed by atoms with Gasteiger partial charge in [0.25, 0.3) is 10.0 Å². The van der Waals surface area contributed by atoms with Crippen LogP contribution in [-0.2, 0) is 17.1 Å². The number of piperidine rings is 1. The van der Waals surface area contributed by atoms with Gasteiger partial charge in [-0.15, -0.1) is 0 Å². The lowest BCUT2D eigenvalue weighted by atomic mass is 9.78. The smallest absolute Gasteiger partial charge is 0.261 e. The van der Waals surface area contributed by atoms with E-state index in [0.29, 0.717) is 13.1 Å². The molecule has 0 aromatic carbocycles. The van der Waals surface area contributed by atoms with E-state index in [-0.39, 0.29) is 15.5 Å². The van der Waals surface area contributed by atoms with Crippen LogP contribution in [0.3, 0.4) is 0 Å². The maximum Gasteiger partial charge on any atom is 0.261 e. The van der Waals surface area contributed by atoms with Gasteiger partial charge in [0.2, 0.25) is 0 Å². The van der Waals surface area contributed by atoms with E-state index in [1.54, 1.807) is 11.4 Å². The molecule has 0 unspecified atom stereocenters. The van der Waals surface area contributed by atoms with Gasteiger partial charge in [0, 0.05) is 20.1 Å². The summed E-state index contributed by atoms with van der Waals surface area (Å²) in [4.78, 5) is 0. The molecule has 2 aliphatic heterocycles. The molecule has 0 amide bonds. The molecule has 0 aliphatic carbocycles. The van der Waals surface area contributed by atoms with Crippen molar-refractivity contribution in [2.24, 2.45) is 12.5 Å². The first-order valence-electron chi connectivity index (χ1n) is 6.83. The van der Waals surface area contributed by atoms with Crippen LogP contribution in [0, 0.1) is 5.41 Å². The first-order valence-corrected chi connectivity index (χ1v) is 8.65. The molecule has 1 aromatic rings. The summed E-state index contributed by atoms with van der Waals surface area (Å²) in [5.41, 5.74) is 0.142. The number of hydrogen-bond donors (Lipinski definition) is 1. The molecule has 6 nitrogen and oxygen atoms in total. The Labute approximate surface area is 124 Å². The van der Waals surface area contributed by atoms with E-state index in [1.807, 2.05) is 0 Å². The summed E-state index contributed by atoms with van der Waals surface area (Å²) in [6.07, 6.45) is 4.39. The molecule has 2 aliphatic rings. The number of aryl methyl sites for hydroxylation is 1. The molecule has 1 N–H and O–H groups in total. The van der Waals surface area contributed by atoms with Gasteiger partial charge in [0.15, 0.2) is 5.03 Å². The summed E-state index contributed by atoms with van der Waals surface area (Å²) in [6.45, 7) is 3.11. The van der Waals surface area contributed by atoms with Crippen molar-refractivity contribution in [1.29, 1.82) is 0 Å². The summed E-state index contributed by atoms with van der Waals surface area (Å²) in [7, 11) is -1.94. The lowest BCUT2D eigenvalue weighted by Gasteiger charge is -2.33. The van der Waals surface area contributed by atoms with Crippen molar-refractivity contribution in [3.05, 3.63) is 11.2 Å². The van der Waals surface area contributed by atoms with Gasteiger partial charge in [-0.05, 0) is 37.8 Å². The van der Waals surface area contributed by atoms with E-state index in [2.05, 4.69) is 10.4 Å². The van der Waals surface area contributed by atoms with Crippen molar-refractivity contribution < 1.29 is 8.42 Å². The highest BCUT2D eigenvalue weighted by atomic mass is 35.5. The van der Waals surface area contributed by atoms with Gasteiger partial charge in [-0.3, -0.25) is 4.68 Å². The molecule has 1 aromatic heterocycles. The molecule has 8 heteroatoms. The lowest BCUT2D eigenvalue weighted by molar-refractivity contribution is 0.218. The second kappa shape index (κ2) is 4.98. The Morgan fingerprint density at radius 2 is 2.05 bits per heavy atom. The van der Waals surface area contributed by atoms with Crippen LogP contribution in [0.5, 0.6) is 0 Å². The van der Waals surface area contributed by atoms with Crippen LogP contribution >= 0.6 is 11.6 Å². The number of halogens is 1. The Balaban J connectivity index is 1.87. The van der Waals surface area contributed by atoms with Crippen molar-refractivity contribution in [2.75, 3.05) is 26.2 Å². The molecule has 3 rings (SSSR count). The Morgan fingerprint density at radius 1 is 1.35 bits per heavy atom. The normalized spacial score (nSPS) is 23.5. The molecule has 1 spiro atoms. The monoisotopic (exact) mass is 318 g/mol. The summed E-state index contributed by atoms with van der Waals surface area (Å²) in [6, 6.07) is 0. The molecule has 2 fully saturated rings. The number of hydrogen-bond acceptors (Lipinski definition) is 4. The summed E-state index contributed by atoms with van der Waals surface area (Å²) in [5, 5.41) is 7.55. The van der Waals surface area contributed by atoms with Crippen LogP contribution < -0.4 is 5.32 Å². The Morgan fingerprint density at radius 3 is 2.65 bits per heavy atom. The van der Waals surface area contributed by atoms with E-state index >= 15 is 0 Å². The molecular weight excluding hydrogens is 300 g/mol. The number of sulfonamides is 1. The molecule has 20 heavy (non-hydrogen) atoms. The number of rotatable bonds is 2. The van der Waals surface area contributed by atoms with Gasteiger partial charge in [-0.25, -0.2) is 8.42 Å². The van der Waals surface area contributed by atoms with Gasteiger partial charge in [0.05, 0.1) is 11.2 Å². The number of nitrogens with one attached hydrogen (secondary N) is 1. The zero-order chi connectivity index (χ0) is 14.4. The van der Waals surface area contributed by atoms with Crippen LogP contribution in [0.1, 0.15) is 19.3 Å². The van der Waals surface area contributed by atoms with Gasteiger partial charge >= 0.3 is 0 Å². The fourth-order valence-corrected chi connectivity index (χ4v) is 5.44. The third-order valence-corrected chi connectivity index (χ3v) is 6.85. The van der Waals surface area contributed by atoms with Gasteiger partial charge in [0.1, 0.15) is 0 Å². The van der Waals surface area contributed by atoms with Crippen LogP contribution in [0.15, 0.2) is 11.2 Å². The summed E-state index contributed by atoms with van der Waals surface area (Å²) >= 11 is 5.99. The van der Waals surface area contributed by atoms with Crippen molar-refractivity contribution in [3.8, 4) is 0 Å². The zero-order valence-electron chi connectivity index (χ0n) is 11.5. The largest absolute Gasteiger partial charge is 0.317 e. The van der Waals surface area contributed by atoms with Crippen molar-refractivity contribution >= 4 is 21.6 Å². The van der Waals surface area contributed by atoms with Gasteiger partial charge in [-0.2, -0.15) is 9.40 Å². The Bertz CT molecular complexity index is 587. The first-order chi connectivity index (χ1) is 9.45. The predicted molar refractivity (Wildman–Crippen MR) is 76.1 cm³/mol. The average molecular weight is 319 g/mol. The third-order valence-electron chi connectivity index (χ3n) is 4.49. The Hall–Kier alpha value is -0.630. The SMILES string of the molecule is Cn1ncc(Cl)c1S(=O)(=O)N1CCC2(CCNCC2)C1. The standard InChI is InChI=1S/C12H19ClN4O2S/c1-16-11(10(13)8-15-16)20(18,19)17-7-4-12(9-17)2-5-14-6-3-12/h8,14H,2-7,9H2,1H3. The Kier molecular flexibility index (Phi) is 3.56. The van der Waals surface area contributed by atoms with Crippen LogP contribution in [-0.4, -0.2) is 48.7 Å². The second-order valence-electron chi connectivity index (χ2n) is 5.76. The number of nitrogens with zero attached hydrogens (tertiary/aromatic N) is 3. The van der Waals surface area contributed by atoms with E-state index in [0.717, 1.165) is 32.4 Å². The quantitative estimate of drug-likeness (QED) is 0.877. The summed E-state index contributed by atoms with van der Waals surface area (Å²) in [5.74, 6) is 0. The highest BCUT2D eigenvalue weighted by Crippen LogP contribution is 2.41. The molecule has 3 heterocycles.